The molecule has 1 saturated heterocycles. The predicted molar refractivity (Wildman–Crippen MR) is 119 cm³/mol. The van der Waals surface area contributed by atoms with Crippen LogP contribution in [0.1, 0.15) is 39.3 Å². The van der Waals surface area contributed by atoms with Gasteiger partial charge in [0.1, 0.15) is 0 Å². The number of aliphatic imine (C=N–C) groups is 1. The minimum absolute atomic E-state index is 0. The van der Waals surface area contributed by atoms with Crippen molar-refractivity contribution in [1.82, 2.24) is 19.8 Å². The summed E-state index contributed by atoms with van der Waals surface area (Å²) in [5.74, 6) is 1.90. The Bertz CT molecular complexity index is 585. The summed E-state index contributed by atoms with van der Waals surface area (Å²) in [6.07, 6.45) is 4.33. The summed E-state index contributed by atoms with van der Waals surface area (Å²) in [7, 11) is 7.89. The van der Waals surface area contributed by atoms with Crippen molar-refractivity contribution in [2.24, 2.45) is 12.0 Å². The third-order valence-electron chi connectivity index (χ3n) is 4.36. The van der Waals surface area contributed by atoms with E-state index in [1.54, 1.807) is 0 Å². The Hall–Kier alpha value is -1.03. The van der Waals surface area contributed by atoms with Crippen LogP contribution in [0.25, 0.3) is 0 Å². The van der Waals surface area contributed by atoms with Crippen molar-refractivity contribution in [3.05, 3.63) is 11.9 Å². The number of imidazole rings is 1. The van der Waals surface area contributed by atoms with E-state index in [-0.39, 0.29) is 29.6 Å². The monoisotopic (exact) mass is 478 g/mol. The Morgan fingerprint density at radius 3 is 2.42 bits per heavy atom. The maximum absolute atomic E-state index is 6.11. The standard InChI is InChI=1S/C18H34N6O.HI/c1-18(2,3)25-15-8-10-24(11-9-15)16(19-4)20-12-14-13-21-17(22(5)6)23(14)7;/h13,15H,8-12H2,1-7H3,(H,19,20);1H. The van der Waals surface area contributed by atoms with Gasteiger partial charge in [0.2, 0.25) is 5.95 Å². The molecule has 26 heavy (non-hydrogen) atoms. The Morgan fingerprint density at radius 1 is 1.35 bits per heavy atom. The van der Waals surface area contributed by atoms with Crippen LogP contribution in [0.3, 0.4) is 0 Å². The number of hydrogen-bond acceptors (Lipinski definition) is 4. The minimum Gasteiger partial charge on any atom is -0.372 e. The second-order valence-corrected chi connectivity index (χ2v) is 7.82. The fourth-order valence-electron chi connectivity index (χ4n) is 3.20. The highest BCUT2D eigenvalue weighted by Crippen LogP contribution is 2.20. The summed E-state index contributed by atoms with van der Waals surface area (Å²) in [6.45, 7) is 9.01. The molecule has 1 aromatic heterocycles. The Balaban J connectivity index is 0.00000338. The number of nitrogens with zero attached hydrogens (tertiary/aromatic N) is 5. The summed E-state index contributed by atoms with van der Waals surface area (Å²) in [5.41, 5.74) is 1.06. The van der Waals surface area contributed by atoms with E-state index >= 15 is 0 Å². The van der Waals surface area contributed by atoms with Gasteiger partial charge in [0.05, 0.1) is 30.1 Å². The zero-order valence-electron chi connectivity index (χ0n) is 17.2. The molecule has 0 aromatic carbocycles. The van der Waals surface area contributed by atoms with Gasteiger partial charge in [0, 0.05) is 41.3 Å². The number of anilines is 1. The highest BCUT2D eigenvalue weighted by Gasteiger charge is 2.25. The molecule has 2 heterocycles. The van der Waals surface area contributed by atoms with Crippen molar-refractivity contribution >= 4 is 35.9 Å². The van der Waals surface area contributed by atoms with Crippen LogP contribution in [0.2, 0.25) is 0 Å². The van der Waals surface area contributed by atoms with Gasteiger partial charge in [-0.15, -0.1) is 24.0 Å². The summed E-state index contributed by atoms with van der Waals surface area (Å²) in [4.78, 5) is 13.2. The third kappa shape index (κ3) is 6.29. The fraction of sp³-hybridized carbons (Fsp3) is 0.778. The van der Waals surface area contributed by atoms with E-state index in [0.29, 0.717) is 12.6 Å². The van der Waals surface area contributed by atoms with E-state index in [9.17, 15) is 0 Å². The molecule has 1 aliphatic heterocycles. The second-order valence-electron chi connectivity index (χ2n) is 7.82. The van der Waals surface area contributed by atoms with E-state index < -0.39 is 0 Å². The van der Waals surface area contributed by atoms with E-state index in [2.05, 4.69) is 45.5 Å². The molecular formula is C18H35IN6O. The first-order chi connectivity index (χ1) is 11.7. The molecule has 7 nitrogen and oxygen atoms in total. The van der Waals surface area contributed by atoms with Crippen LogP contribution in [0.4, 0.5) is 5.95 Å². The van der Waals surface area contributed by atoms with Gasteiger partial charge in [-0.3, -0.25) is 4.99 Å². The first-order valence-electron chi connectivity index (χ1n) is 9.02. The summed E-state index contributed by atoms with van der Waals surface area (Å²) >= 11 is 0. The predicted octanol–water partition coefficient (Wildman–Crippen LogP) is 2.46. The van der Waals surface area contributed by atoms with E-state index in [1.807, 2.05) is 39.3 Å². The van der Waals surface area contributed by atoms with Gasteiger partial charge in [-0.05, 0) is 33.6 Å². The van der Waals surface area contributed by atoms with Gasteiger partial charge in [-0.2, -0.15) is 0 Å². The largest absolute Gasteiger partial charge is 0.372 e. The smallest absolute Gasteiger partial charge is 0.204 e. The van der Waals surface area contributed by atoms with Crippen LogP contribution < -0.4 is 10.2 Å². The SMILES string of the molecule is CN=C(NCc1cnc(N(C)C)n1C)N1CCC(OC(C)(C)C)CC1.I. The maximum Gasteiger partial charge on any atom is 0.204 e. The molecule has 0 saturated carbocycles. The van der Waals surface area contributed by atoms with Crippen LogP contribution in [-0.2, 0) is 18.3 Å². The van der Waals surface area contributed by atoms with Crippen LogP contribution in [0, 0.1) is 0 Å². The van der Waals surface area contributed by atoms with Crippen molar-refractivity contribution in [1.29, 1.82) is 0 Å². The number of halogens is 1. The Kier molecular flexibility index (Phi) is 8.65. The first-order valence-corrected chi connectivity index (χ1v) is 9.02. The number of aromatic nitrogens is 2. The topological polar surface area (TPSA) is 57.9 Å². The third-order valence-corrected chi connectivity index (χ3v) is 4.36. The average Bonchev–Trinajstić information content (AvgIpc) is 2.89. The molecule has 0 spiro atoms. The number of ether oxygens (including phenoxy) is 1. The average molecular weight is 478 g/mol. The van der Waals surface area contributed by atoms with Crippen molar-refractivity contribution in [3.63, 3.8) is 0 Å². The molecule has 1 aliphatic rings. The van der Waals surface area contributed by atoms with Gasteiger partial charge in [-0.1, -0.05) is 0 Å². The summed E-state index contributed by atoms with van der Waals surface area (Å²) in [5, 5.41) is 3.47. The van der Waals surface area contributed by atoms with E-state index in [4.69, 9.17) is 4.74 Å². The quantitative estimate of drug-likeness (QED) is 0.410. The molecule has 0 bridgehead atoms. The van der Waals surface area contributed by atoms with Gasteiger partial charge >= 0.3 is 0 Å². The lowest BCUT2D eigenvalue weighted by Gasteiger charge is -2.36. The first kappa shape index (κ1) is 23.0. The molecule has 0 unspecified atom stereocenters. The van der Waals surface area contributed by atoms with Gasteiger partial charge in [0.15, 0.2) is 5.96 Å². The molecule has 0 atom stereocenters. The number of hydrogen-bond donors (Lipinski definition) is 1. The van der Waals surface area contributed by atoms with Crippen molar-refractivity contribution in [2.75, 3.05) is 39.1 Å². The van der Waals surface area contributed by atoms with Crippen LogP contribution in [0.5, 0.6) is 0 Å². The molecule has 8 heteroatoms. The molecule has 1 aromatic rings. The molecule has 0 radical (unpaired) electrons. The van der Waals surface area contributed by atoms with Crippen molar-refractivity contribution in [2.45, 2.75) is 51.9 Å². The Labute approximate surface area is 175 Å². The molecular weight excluding hydrogens is 443 g/mol. The van der Waals surface area contributed by atoms with E-state index in [1.165, 1.54) is 0 Å². The molecule has 2 rings (SSSR count). The second kappa shape index (κ2) is 9.77. The molecule has 150 valence electrons. The zero-order chi connectivity index (χ0) is 18.6. The summed E-state index contributed by atoms with van der Waals surface area (Å²) < 4.78 is 8.21. The lowest BCUT2D eigenvalue weighted by Crippen LogP contribution is -2.47. The van der Waals surface area contributed by atoms with Crippen molar-refractivity contribution in [3.8, 4) is 0 Å². The number of piperidine rings is 1. The van der Waals surface area contributed by atoms with Gasteiger partial charge in [0.25, 0.3) is 0 Å². The molecule has 0 aliphatic carbocycles. The van der Waals surface area contributed by atoms with Crippen LogP contribution in [0.15, 0.2) is 11.2 Å². The Morgan fingerprint density at radius 2 is 1.96 bits per heavy atom. The molecule has 0 amide bonds. The van der Waals surface area contributed by atoms with Crippen molar-refractivity contribution < 1.29 is 4.74 Å². The lowest BCUT2D eigenvalue weighted by atomic mass is 10.1. The molecule has 1 fully saturated rings. The fourth-order valence-corrected chi connectivity index (χ4v) is 3.20. The highest BCUT2D eigenvalue weighted by molar-refractivity contribution is 14.0. The number of nitrogens with one attached hydrogen (secondary N) is 1. The normalized spacial score (nSPS) is 16.4. The number of rotatable bonds is 4. The highest BCUT2D eigenvalue weighted by atomic mass is 127. The zero-order valence-corrected chi connectivity index (χ0v) is 19.6. The minimum atomic E-state index is -0.0730. The molecule has 1 N–H and O–H groups in total. The van der Waals surface area contributed by atoms with Crippen LogP contribution in [-0.4, -0.2) is 66.3 Å². The maximum atomic E-state index is 6.11. The lowest BCUT2D eigenvalue weighted by molar-refractivity contribution is -0.0772. The van der Waals surface area contributed by atoms with Gasteiger partial charge < -0.3 is 24.4 Å². The van der Waals surface area contributed by atoms with E-state index in [0.717, 1.165) is 43.5 Å². The number of guanidine groups is 1. The van der Waals surface area contributed by atoms with Gasteiger partial charge in [-0.25, -0.2) is 4.98 Å². The number of likely N-dealkylation sites (tertiary alicyclic amines) is 1. The summed E-state index contributed by atoms with van der Waals surface area (Å²) in [6, 6.07) is 0. The van der Waals surface area contributed by atoms with Crippen LogP contribution >= 0.6 is 24.0 Å².